The van der Waals surface area contributed by atoms with Gasteiger partial charge in [-0.15, -0.1) is 0 Å². The maximum absolute atomic E-state index is 13.0. The van der Waals surface area contributed by atoms with Gasteiger partial charge >= 0.3 is 6.03 Å². The molecule has 1 aromatic heterocycles. The first-order valence-electron chi connectivity index (χ1n) is 9.75. The Morgan fingerprint density at radius 1 is 1.16 bits per heavy atom. The van der Waals surface area contributed by atoms with Gasteiger partial charge in [0.2, 0.25) is 0 Å². The van der Waals surface area contributed by atoms with Crippen LogP contribution >= 0.6 is 22.9 Å². The molecule has 4 rings (SSSR count). The molecule has 0 atom stereocenters. The van der Waals surface area contributed by atoms with E-state index in [0.29, 0.717) is 45.1 Å². The summed E-state index contributed by atoms with van der Waals surface area (Å²) in [6, 6.07) is 12.5. The zero-order chi connectivity index (χ0) is 22.9. The van der Waals surface area contributed by atoms with Gasteiger partial charge in [0.1, 0.15) is 4.88 Å². The number of carbonyl (C=O) groups excluding carboxylic acids is 2. The summed E-state index contributed by atoms with van der Waals surface area (Å²) in [5, 5.41) is 6.05. The number of nitrogens with zero attached hydrogens (tertiary/aromatic N) is 2. The molecule has 0 saturated heterocycles. The number of hydrogen-bond donors (Lipinski definition) is 2. The van der Waals surface area contributed by atoms with Gasteiger partial charge in [-0.25, -0.2) is 18.2 Å². The van der Waals surface area contributed by atoms with Crippen molar-refractivity contribution in [3.05, 3.63) is 64.1 Å². The lowest BCUT2D eigenvalue weighted by molar-refractivity contribution is 0.0984. The quantitative estimate of drug-likeness (QED) is 0.549. The molecule has 11 heteroatoms. The van der Waals surface area contributed by atoms with Crippen LogP contribution in [0.2, 0.25) is 5.02 Å². The fraction of sp³-hybridized carbons (Fsp3) is 0.190. The number of anilines is 3. The summed E-state index contributed by atoms with van der Waals surface area (Å²) in [7, 11) is -3.31. The lowest BCUT2D eigenvalue weighted by atomic mass is 10.1. The zero-order valence-corrected chi connectivity index (χ0v) is 19.4. The van der Waals surface area contributed by atoms with Gasteiger partial charge in [-0.2, -0.15) is 0 Å². The molecule has 32 heavy (non-hydrogen) atoms. The van der Waals surface area contributed by atoms with E-state index in [0.717, 1.165) is 11.3 Å². The van der Waals surface area contributed by atoms with Crippen LogP contribution in [0, 0.1) is 0 Å². The third kappa shape index (κ3) is 4.47. The normalized spacial score (nSPS) is 13.6. The first kappa shape index (κ1) is 22.3. The van der Waals surface area contributed by atoms with Crippen molar-refractivity contribution in [3.8, 4) is 0 Å². The van der Waals surface area contributed by atoms with Crippen molar-refractivity contribution in [1.82, 2.24) is 4.98 Å². The summed E-state index contributed by atoms with van der Waals surface area (Å²) < 4.78 is 23.8. The number of rotatable bonds is 5. The second-order valence-electron chi connectivity index (χ2n) is 6.96. The van der Waals surface area contributed by atoms with E-state index >= 15 is 0 Å². The number of carbonyl (C=O) groups is 2. The third-order valence-electron chi connectivity index (χ3n) is 4.92. The Morgan fingerprint density at radius 2 is 1.88 bits per heavy atom. The number of nitrogens with one attached hydrogen (secondary N) is 2. The number of amides is 3. The molecule has 2 heterocycles. The second kappa shape index (κ2) is 8.89. The van der Waals surface area contributed by atoms with Gasteiger partial charge < -0.3 is 10.2 Å². The first-order valence-corrected chi connectivity index (χ1v) is 12.6. The molecule has 1 aliphatic heterocycles. The molecule has 1 aliphatic rings. The van der Waals surface area contributed by atoms with Gasteiger partial charge in [-0.05, 0) is 36.4 Å². The molecule has 166 valence electrons. The van der Waals surface area contributed by atoms with Crippen molar-refractivity contribution < 1.29 is 18.0 Å². The molecule has 8 nitrogen and oxygen atoms in total. The maximum Gasteiger partial charge on any atom is 0.325 e. The highest BCUT2D eigenvalue weighted by molar-refractivity contribution is 7.91. The zero-order valence-electron chi connectivity index (χ0n) is 17.0. The predicted molar refractivity (Wildman–Crippen MR) is 126 cm³/mol. The predicted octanol–water partition coefficient (Wildman–Crippen LogP) is 4.44. The van der Waals surface area contributed by atoms with E-state index < -0.39 is 15.9 Å². The van der Waals surface area contributed by atoms with Crippen LogP contribution < -0.4 is 15.5 Å². The Morgan fingerprint density at radius 3 is 2.56 bits per heavy atom. The Kier molecular flexibility index (Phi) is 6.18. The molecular formula is C21H19ClN4O4S2. The smallest absolute Gasteiger partial charge is 0.308 e. The minimum atomic E-state index is -3.31. The molecule has 0 fully saturated rings. The number of hydrogen-bond acceptors (Lipinski definition) is 6. The van der Waals surface area contributed by atoms with Gasteiger partial charge in [0.15, 0.2) is 15.0 Å². The topological polar surface area (TPSA) is 108 Å². The monoisotopic (exact) mass is 490 g/mol. The van der Waals surface area contributed by atoms with Crippen LogP contribution in [-0.2, 0) is 16.3 Å². The van der Waals surface area contributed by atoms with Crippen LogP contribution in [0.4, 0.5) is 21.3 Å². The van der Waals surface area contributed by atoms with Crippen molar-refractivity contribution in [2.45, 2.75) is 18.2 Å². The molecule has 2 aromatic carbocycles. The van der Waals surface area contributed by atoms with Gasteiger partial charge in [-0.1, -0.05) is 42.0 Å². The van der Waals surface area contributed by atoms with E-state index in [1.165, 1.54) is 24.3 Å². The molecule has 2 N–H and O–H groups in total. The third-order valence-corrected chi connectivity index (χ3v) is 8.00. The Bertz CT molecular complexity index is 1290. The summed E-state index contributed by atoms with van der Waals surface area (Å²) >= 11 is 7.34. The van der Waals surface area contributed by atoms with E-state index in [-0.39, 0.29) is 16.6 Å². The fourth-order valence-corrected chi connectivity index (χ4v) is 5.33. The fourth-order valence-electron chi connectivity index (χ4n) is 3.26. The van der Waals surface area contributed by atoms with Gasteiger partial charge in [0, 0.05) is 18.7 Å². The van der Waals surface area contributed by atoms with Crippen LogP contribution in [0.3, 0.4) is 0 Å². The molecule has 0 unspecified atom stereocenters. The largest absolute Gasteiger partial charge is 0.325 e. The summed E-state index contributed by atoms with van der Waals surface area (Å²) in [5.41, 5.74) is 1.70. The van der Waals surface area contributed by atoms with Crippen molar-refractivity contribution >= 4 is 61.2 Å². The number of urea groups is 1. The number of fused-ring (bicyclic) bond motifs is 1. The molecule has 3 amide bonds. The molecule has 3 aromatic rings. The molecule has 0 aliphatic carbocycles. The van der Waals surface area contributed by atoms with Crippen molar-refractivity contribution in [3.63, 3.8) is 0 Å². The molecule has 0 radical (unpaired) electrons. The first-order chi connectivity index (χ1) is 15.3. The van der Waals surface area contributed by atoms with Gasteiger partial charge in [0.05, 0.1) is 27.1 Å². The second-order valence-corrected chi connectivity index (χ2v) is 10.6. The Hall–Kier alpha value is -2.95. The molecule has 0 saturated carbocycles. The summed E-state index contributed by atoms with van der Waals surface area (Å²) in [6.07, 6.45) is 0.541. The summed E-state index contributed by atoms with van der Waals surface area (Å²) in [4.78, 5) is 32.0. The Balaban J connectivity index is 1.45. The van der Waals surface area contributed by atoms with E-state index in [1.54, 1.807) is 30.0 Å². The average molecular weight is 491 g/mol. The van der Waals surface area contributed by atoms with Crippen LogP contribution in [0.1, 0.15) is 22.3 Å². The Labute approximate surface area is 194 Å². The van der Waals surface area contributed by atoms with Crippen LogP contribution in [0.15, 0.2) is 53.4 Å². The number of sulfone groups is 1. The number of halogens is 1. The molecule has 0 spiro atoms. The number of benzene rings is 2. The van der Waals surface area contributed by atoms with Crippen molar-refractivity contribution in [2.24, 2.45) is 0 Å². The van der Waals surface area contributed by atoms with Crippen molar-refractivity contribution in [2.75, 3.05) is 27.8 Å². The lowest BCUT2D eigenvalue weighted by Gasteiger charge is -2.26. The molecule has 0 bridgehead atoms. The van der Waals surface area contributed by atoms with E-state index in [1.807, 2.05) is 6.07 Å². The van der Waals surface area contributed by atoms with E-state index in [2.05, 4.69) is 15.6 Å². The highest BCUT2D eigenvalue weighted by atomic mass is 35.5. The highest BCUT2D eigenvalue weighted by Crippen LogP contribution is 2.33. The average Bonchev–Trinajstić information content (AvgIpc) is 3.18. The van der Waals surface area contributed by atoms with E-state index in [9.17, 15) is 18.0 Å². The van der Waals surface area contributed by atoms with E-state index in [4.69, 9.17) is 11.6 Å². The number of para-hydroxylation sites is 1. The number of aromatic nitrogens is 1. The lowest BCUT2D eigenvalue weighted by Crippen LogP contribution is -2.37. The van der Waals surface area contributed by atoms with Crippen molar-refractivity contribution in [1.29, 1.82) is 0 Å². The van der Waals surface area contributed by atoms with Crippen LogP contribution in [-0.4, -0.2) is 37.6 Å². The minimum absolute atomic E-state index is 0.00159. The summed E-state index contributed by atoms with van der Waals surface area (Å²) in [6.45, 7) is 2.01. The summed E-state index contributed by atoms with van der Waals surface area (Å²) in [5.74, 6) is -0.209. The van der Waals surface area contributed by atoms with Crippen LogP contribution in [0.5, 0.6) is 0 Å². The maximum atomic E-state index is 13.0. The standard InChI is InChI=1S/C21H19ClN4O4S2/c1-2-32(29,30)14-9-7-13(8-10-14)23-20(28)25-21-24-16-11-12-26(19(27)18(16)31-21)17-6-4-3-5-15(17)22/h3-10H,2,11-12H2,1H3,(H2,23,24,25,28). The SMILES string of the molecule is CCS(=O)(=O)c1ccc(NC(=O)Nc2nc3c(s2)C(=O)N(c2ccccc2Cl)CC3)cc1. The number of thiazole rings is 1. The highest BCUT2D eigenvalue weighted by Gasteiger charge is 2.30. The molecular weight excluding hydrogens is 472 g/mol. The van der Waals surface area contributed by atoms with Gasteiger partial charge in [-0.3, -0.25) is 10.1 Å². The van der Waals surface area contributed by atoms with Gasteiger partial charge in [0.25, 0.3) is 5.91 Å². The van der Waals surface area contributed by atoms with Crippen LogP contribution in [0.25, 0.3) is 0 Å². The minimum Gasteiger partial charge on any atom is -0.308 e.